The Morgan fingerprint density at radius 2 is 2.13 bits per heavy atom. The second-order valence-corrected chi connectivity index (χ2v) is 5.74. The van der Waals surface area contributed by atoms with Crippen LogP contribution in [0.2, 0.25) is 0 Å². The average molecular weight is 221 g/mol. The smallest absolute Gasteiger partial charge is 0.0187 e. The van der Waals surface area contributed by atoms with Crippen LogP contribution in [0.25, 0.3) is 0 Å². The van der Waals surface area contributed by atoms with E-state index in [9.17, 15) is 0 Å². The van der Waals surface area contributed by atoms with Gasteiger partial charge in [0.1, 0.15) is 0 Å². The molecule has 15 heavy (non-hydrogen) atoms. The number of benzene rings is 1. The van der Waals surface area contributed by atoms with Crippen molar-refractivity contribution in [3.63, 3.8) is 0 Å². The van der Waals surface area contributed by atoms with Gasteiger partial charge in [0, 0.05) is 17.5 Å². The summed E-state index contributed by atoms with van der Waals surface area (Å²) in [4.78, 5) is 0. The number of rotatable bonds is 4. The Kier molecular flexibility index (Phi) is 3.71. The Morgan fingerprint density at radius 3 is 2.93 bits per heavy atom. The number of hydrogen-bond acceptors (Lipinski definition) is 2. The van der Waals surface area contributed by atoms with E-state index in [1.165, 1.54) is 24.8 Å². The van der Waals surface area contributed by atoms with Gasteiger partial charge in [-0.15, -0.1) is 0 Å². The molecule has 0 aromatic heterocycles. The molecule has 0 aliphatic heterocycles. The van der Waals surface area contributed by atoms with Crippen molar-refractivity contribution in [2.45, 2.75) is 37.2 Å². The maximum Gasteiger partial charge on any atom is 0.0187 e. The predicted octanol–water partition coefficient (Wildman–Crippen LogP) is 2.76. The molecule has 0 saturated carbocycles. The van der Waals surface area contributed by atoms with Crippen LogP contribution in [-0.2, 0) is 18.6 Å². The summed E-state index contributed by atoms with van der Waals surface area (Å²) in [5, 5.41) is 0.568. The molecule has 1 unspecified atom stereocenters. The third-order valence-electron chi connectivity index (χ3n) is 3.03. The summed E-state index contributed by atoms with van der Waals surface area (Å²) in [5.74, 6) is 1.10. The van der Waals surface area contributed by atoms with E-state index in [2.05, 4.69) is 25.1 Å². The van der Waals surface area contributed by atoms with E-state index >= 15 is 0 Å². The van der Waals surface area contributed by atoms with E-state index in [0.717, 1.165) is 12.3 Å². The first-order valence-corrected chi connectivity index (χ1v) is 6.77. The number of aryl methyl sites for hydroxylation is 2. The van der Waals surface area contributed by atoms with Crippen molar-refractivity contribution in [2.75, 3.05) is 6.54 Å². The first-order valence-electron chi connectivity index (χ1n) is 5.72. The monoisotopic (exact) mass is 221 g/mol. The van der Waals surface area contributed by atoms with Crippen LogP contribution < -0.4 is 5.73 Å². The summed E-state index contributed by atoms with van der Waals surface area (Å²) in [7, 11) is 0. The maximum atomic E-state index is 5.61. The van der Waals surface area contributed by atoms with E-state index < -0.39 is 0 Å². The molecule has 0 bridgehead atoms. The molecule has 2 N–H and O–H groups in total. The van der Waals surface area contributed by atoms with Crippen molar-refractivity contribution in [3.8, 4) is 0 Å². The summed E-state index contributed by atoms with van der Waals surface area (Å²) in [5.41, 5.74) is 10.2. The number of thioether (sulfide) groups is 1. The standard InChI is InChI=1S/C13H19NS/c1-10(8-14)15-9-11-5-6-12-3-2-4-13(12)7-11/h5-7,10H,2-4,8-9,14H2,1H3. The minimum Gasteiger partial charge on any atom is -0.329 e. The average Bonchev–Trinajstić information content (AvgIpc) is 2.72. The molecule has 82 valence electrons. The van der Waals surface area contributed by atoms with Gasteiger partial charge in [-0.2, -0.15) is 11.8 Å². The van der Waals surface area contributed by atoms with Crippen molar-refractivity contribution >= 4 is 11.8 Å². The van der Waals surface area contributed by atoms with Crippen LogP contribution in [0.1, 0.15) is 30.0 Å². The molecule has 0 fully saturated rings. The lowest BCUT2D eigenvalue weighted by Gasteiger charge is -2.09. The van der Waals surface area contributed by atoms with Crippen LogP contribution in [0.15, 0.2) is 18.2 Å². The minimum absolute atomic E-state index is 0.568. The summed E-state index contributed by atoms with van der Waals surface area (Å²) in [6.07, 6.45) is 3.90. The highest BCUT2D eigenvalue weighted by Crippen LogP contribution is 2.25. The van der Waals surface area contributed by atoms with Crippen molar-refractivity contribution < 1.29 is 0 Å². The van der Waals surface area contributed by atoms with Gasteiger partial charge in [0.05, 0.1) is 0 Å². The lowest BCUT2D eigenvalue weighted by Crippen LogP contribution is -2.12. The molecule has 2 rings (SSSR count). The fourth-order valence-electron chi connectivity index (χ4n) is 2.02. The summed E-state index contributed by atoms with van der Waals surface area (Å²) in [6.45, 7) is 2.97. The zero-order valence-corrected chi connectivity index (χ0v) is 10.1. The van der Waals surface area contributed by atoms with Crippen molar-refractivity contribution in [1.29, 1.82) is 0 Å². The van der Waals surface area contributed by atoms with Crippen LogP contribution >= 0.6 is 11.8 Å². The summed E-state index contributed by atoms with van der Waals surface area (Å²) >= 11 is 1.95. The van der Waals surface area contributed by atoms with Crippen LogP contribution in [0.5, 0.6) is 0 Å². The van der Waals surface area contributed by atoms with Gasteiger partial charge in [0.2, 0.25) is 0 Å². The fourth-order valence-corrected chi connectivity index (χ4v) is 2.81. The van der Waals surface area contributed by atoms with Crippen molar-refractivity contribution in [1.82, 2.24) is 0 Å². The molecule has 1 atom stereocenters. The van der Waals surface area contributed by atoms with Gasteiger partial charge < -0.3 is 5.73 Å². The molecular formula is C13H19NS. The highest BCUT2D eigenvalue weighted by atomic mass is 32.2. The van der Waals surface area contributed by atoms with E-state index in [1.54, 1.807) is 11.1 Å². The normalized spacial score (nSPS) is 16.4. The third kappa shape index (κ3) is 2.76. The zero-order chi connectivity index (χ0) is 10.7. The molecule has 0 radical (unpaired) electrons. The molecule has 0 saturated heterocycles. The van der Waals surface area contributed by atoms with Crippen LogP contribution in [0.4, 0.5) is 0 Å². The quantitative estimate of drug-likeness (QED) is 0.846. The molecule has 1 aromatic rings. The fraction of sp³-hybridized carbons (Fsp3) is 0.538. The molecule has 1 aliphatic carbocycles. The number of hydrogen-bond donors (Lipinski definition) is 1. The second-order valence-electron chi connectivity index (χ2n) is 4.31. The Labute approximate surface area is 96.4 Å². The van der Waals surface area contributed by atoms with Gasteiger partial charge >= 0.3 is 0 Å². The van der Waals surface area contributed by atoms with Gasteiger partial charge in [-0.05, 0) is 36.0 Å². The predicted molar refractivity (Wildman–Crippen MR) is 68.3 cm³/mol. The molecule has 0 heterocycles. The SMILES string of the molecule is CC(CN)SCc1ccc2c(c1)CCC2. The molecule has 1 nitrogen and oxygen atoms in total. The zero-order valence-electron chi connectivity index (χ0n) is 9.33. The lowest BCUT2D eigenvalue weighted by molar-refractivity contribution is 0.911. The van der Waals surface area contributed by atoms with Crippen molar-refractivity contribution in [3.05, 3.63) is 34.9 Å². The maximum absolute atomic E-state index is 5.61. The number of fused-ring (bicyclic) bond motifs is 1. The third-order valence-corrected chi connectivity index (χ3v) is 4.29. The Hall–Kier alpha value is -0.470. The molecule has 0 spiro atoms. The minimum atomic E-state index is 0.568. The first kappa shape index (κ1) is 11.0. The van der Waals surface area contributed by atoms with E-state index in [4.69, 9.17) is 5.73 Å². The molecule has 1 aliphatic rings. The number of nitrogens with two attached hydrogens (primary N) is 1. The van der Waals surface area contributed by atoms with E-state index in [-0.39, 0.29) is 0 Å². The molecule has 0 amide bonds. The molecular weight excluding hydrogens is 202 g/mol. The van der Waals surface area contributed by atoms with Crippen molar-refractivity contribution in [2.24, 2.45) is 5.73 Å². The largest absolute Gasteiger partial charge is 0.329 e. The molecule has 2 heteroatoms. The highest BCUT2D eigenvalue weighted by Gasteiger charge is 2.10. The van der Waals surface area contributed by atoms with E-state index in [1.807, 2.05) is 11.8 Å². The van der Waals surface area contributed by atoms with E-state index in [0.29, 0.717) is 5.25 Å². The van der Waals surface area contributed by atoms with Gasteiger partial charge in [-0.25, -0.2) is 0 Å². The lowest BCUT2D eigenvalue weighted by atomic mass is 10.1. The second kappa shape index (κ2) is 5.04. The molecule has 1 aromatic carbocycles. The van der Waals surface area contributed by atoms with Gasteiger partial charge in [0.15, 0.2) is 0 Å². The van der Waals surface area contributed by atoms with Gasteiger partial charge in [-0.3, -0.25) is 0 Å². The first-order chi connectivity index (χ1) is 7.29. The Bertz CT molecular complexity index is 335. The highest BCUT2D eigenvalue weighted by molar-refractivity contribution is 7.99. The van der Waals surface area contributed by atoms with Crippen LogP contribution in [-0.4, -0.2) is 11.8 Å². The Morgan fingerprint density at radius 1 is 1.33 bits per heavy atom. The summed E-state index contributed by atoms with van der Waals surface area (Å²) < 4.78 is 0. The summed E-state index contributed by atoms with van der Waals surface area (Å²) in [6, 6.07) is 6.98. The Balaban J connectivity index is 1.98. The van der Waals surface area contributed by atoms with Crippen LogP contribution in [0, 0.1) is 0 Å². The van der Waals surface area contributed by atoms with Gasteiger partial charge in [0.25, 0.3) is 0 Å². The van der Waals surface area contributed by atoms with Gasteiger partial charge in [-0.1, -0.05) is 25.1 Å². The topological polar surface area (TPSA) is 26.0 Å². The van der Waals surface area contributed by atoms with Crippen LogP contribution in [0.3, 0.4) is 0 Å².